The number of rotatable bonds is 9. The van der Waals surface area contributed by atoms with Gasteiger partial charge in [0.15, 0.2) is 0 Å². The number of hydrogen-bond acceptors (Lipinski definition) is 4. The van der Waals surface area contributed by atoms with Crippen molar-refractivity contribution in [2.24, 2.45) is 0 Å². The predicted molar refractivity (Wildman–Crippen MR) is 164 cm³/mol. The average molecular weight is 556 g/mol. The Morgan fingerprint density at radius 2 is 1.77 bits per heavy atom. The number of carbonyl (C=O) groups excluding carboxylic acids is 2. The molecule has 0 spiro atoms. The summed E-state index contributed by atoms with van der Waals surface area (Å²) in [6, 6.07) is 12.5. The minimum absolute atomic E-state index is 0.0715. The number of aliphatic carboxylic acids is 1. The van der Waals surface area contributed by atoms with Gasteiger partial charge in [-0.3, -0.25) is 4.79 Å². The number of aryl methyl sites for hydroxylation is 1. The standard InChI is InChI=1S/C33H41N3O3Si/c1-8-34-27-19-29-25(17-21(27)3)32(26-18-22(4)28(35-9-2)20-30(26)40(29,6)7)23-13-10-11-14-24(23)33(39)36(5)16-12-15-31(37)38/h10-11,13-14,17-20,34H,8-9,12,15-16H2,1-7H3,(H,37,38). The van der Waals surface area contributed by atoms with Crippen LogP contribution in [0.1, 0.15) is 60.7 Å². The van der Waals surface area contributed by atoms with E-state index in [4.69, 9.17) is 0 Å². The highest BCUT2D eigenvalue weighted by atomic mass is 28.3. The van der Waals surface area contributed by atoms with Gasteiger partial charge in [-0.15, -0.1) is 0 Å². The molecule has 0 radical (unpaired) electrons. The Balaban J connectivity index is 1.98. The van der Waals surface area contributed by atoms with Gasteiger partial charge in [0.2, 0.25) is 5.71 Å². The SMILES string of the molecule is CCNc1cc2c(cc1C)C(c1ccccc1C(=O)N(C)CCCC(=O)[O-])=C1C=C(C)C(=[NH+]CC)C=C1[Si]2(C)C. The Morgan fingerprint density at radius 1 is 1.05 bits per heavy atom. The van der Waals surface area contributed by atoms with Gasteiger partial charge in [-0.1, -0.05) is 31.3 Å². The highest BCUT2D eigenvalue weighted by molar-refractivity contribution is 6.98. The third-order valence-electron chi connectivity index (χ3n) is 8.00. The molecule has 0 bridgehead atoms. The molecule has 0 fully saturated rings. The lowest BCUT2D eigenvalue weighted by molar-refractivity contribution is -0.451. The van der Waals surface area contributed by atoms with E-state index in [-0.39, 0.29) is 12.3 Å². The fourth-order valence-electron chi connectivity index (χ4n) is 5.86. The summed E-state index contributed by atoms with van der Waals surface area (Å²) in [6.07, 6.45) is 4.91. The Morgan fingerprint density at radius 3 is 2.45 bits per heavy atom. The number of carboxylic acid groups (broad SMARTS) is 1. The lowest BCUT2D eigenvalue weighted by Gasteiger charge is -2.39. The zero-order chi connectivity index (χ0) is 29.2. The zero-order valence-corrected chi connectivity index (χ0v) is 25.8. The maximum absolute atomic E-state index is 13.8. The summed E-state index contributed by atoms with van der Waals surface area (Å²) in [5, 5.41) is 17.2. The fourth-order valence-corrected chi connectivity index (χ4v) is 8.90. The summed E-state index contributed by atoms with van der Waals surface area (Å²) in [6.45, 7) is 15.4. The molecule has 2 aromatic rings. The first kappa shape index (κ1) is 29.3. The van der Waals surface area contributed by atoms with Crippen LogP contribution in [0.15, 0.2) is 64.9 Å². The molecule has 2 aliphatic rings. The van der Waals surface area contributed by atoms with Gasteiger partial charge < -0.3 is 20.1 Å². The molecule has 0 unspecified atom stereocenters. The van der Waals surface area contributed by atoms with E-state index in [9.17, 15) is 14.7 Å². The number of anilines is 1. The van der Waals surface area contributed by atoms with E-state index in [0.29, 0.717) is 18.5 Å². The summed E-state index contributed by atoms with van der Waals surface area (Å²) in [5.41, 5.74) is 9.65. The van der Waals surface area contributed by atoms with Crippen molar-refractivity contribution in [3.63, 3.8) is 0 Å². The number of nitrogens with zero attached hydrogens (tertiary/aromatic N) is 1. The molecule has 6 nitrogen and oxygen atoms in total. The van der Waals surface area contributed by atoms with Gasteiger partial charge in [0, 0.05) is 49.0 Å². The van der Waals surface area contributed by atoms with E-state index in [0.717, 1.165) is 35.6 Å². The minimum Gasteiger partial charge on any atom is -0.550 e. The van der Waals surface area contributed by atoms with E-state index < -0.39 is 14.0 Å². The maximum atomic E-state index is 13.8. The van der Waals surface area contributed by atoms with Crippen LogP contribution in [0.25, 0.3) is 5.57 Å². The van der Waals surface area contributed by atoms with Gasteiger partial charge in [-0.25, -0.2) is 4.99 Å². The van der Waals surface area contributed by atoms with Crippen molar-refractivity contribution < 1.29 is 19.7 Å². The molecular weight excluding hydrogens is 514 g/mol. The van der Waals surface area contributed by atoms with Crippen LogP contribution < -0.4 is 20.6 Å². The molecule has 4 rings (SSSR count). The molecule has 2 N–H and O–H groups in total. The highest BCUT2D eigenvalue weighted by Crippen LogP contribution is 2.43. The lowest BCUT2D eigenvalue weighted by atomic mass is 9.85. The van der Waals surface area contributed by atoms with E-state index in [2.05, 4.69) is 75.4 Å². The van der Waals surface area contributed by atoms with E-state index >= 15 is 0 Å². The number of amides is 1. The second-order valence-electron chi connectivity index (χ2n) is 11.2. The van der Waals surface area contributed by atoms with Crippen LogP contribution in [-0.2, 0) is 4.79 Å². The lowest BCUT2D eigenvalue weighted by Crippen LogP contribution is -2.72. The molecule has 0 saturated heterocycles. The van der Waals surface area contributed by atoms with Gasteiger partial charge >= 0.3 is 0 Å². The van der Waals surface area contributed by atoms with Crippen LogP contribution in [0, 0.1) is 6.92 Å². The summed E-state index contributed by atoms with van der Waals surface area (Å²) in [5.74, 6) is -1.22. The van der Waals surface area contributed by atoms with Crippen molar-refractivity contribution in [1.82, 2.24) is 4.90 Å². The van der Waals surface area contributed by atoms with Crippen LogP contribution in [0.3, 0.4) is 0 Å². The highest BCUT2D eigenvalue weighted by Gasteiger charge is 2.41. The van der Waals surface area contributed by atoms with Gasteiger partial charge in [-0.2, -0.15) is 0 Å². The summed E-state index contributed by atoms with van der Waals surface area (Å²) in [7, 11) is -0.392. The molecule has 1 aliphatic heterocycles. The maximum Gasteiger partial charge on any atom is 0.254 e. The summed E-state index contributed by atoms with van der Waals surface area (Å²) in [4.78, 5) is 29.9. The molecule has 1 heterocycles. The molecule has 1 aliphatic carbocycles. The quantitative estimate of drug-likeness (QED) is 0.466. The fraction of sp³-hybridized carbons (Fsp3) is 0.364. The molecule has 0 aromatic heterocycles. The molecule has 210 valence electrons. The average Bonchev–Trinajstić information content (AvgIpc) is 2.90. The number of hydrogen-bond donors (Lipinski definition) is 2. The van der Waals surface area contributed by atoms with Gasteiger partial charge in [0.25, 0.3) is 5.91 Å². The second kappa shape index (κ2) is 11.8. The smallest absolute Gasteiger partial charge is 0.254 e. The Hall–Kier alpha value is -3.71. The van der Waals surface area contributed by atoms with Crippen LogP contribution in [0.4, 0.5) is 5.69 Å². The van der Waals surface area contributed by atoms with Crippen molar-refractivity contribution in [2.75, 3.05) is 32.0 Å². The molecule has 0 atom stereocenters. The zero-order valence-electron chi connectivity index (χ0n) is 24.8. The Labute approximate surface area is 239 Å². The number of fused-ring (bicyclic) bond motifs is 2. The predicted octanol–water partition coefficient (Wildman–Crippen LogP) is 2.73. The topological polar surface area (TPSA) is 86.4 Å². The third kappa shape index (κ3) is 5.48. The summed E-state index contributed by atoms with van der Waals surface area (Å²) < 4.78 is 0. The van der Waals surface area contributed by atoms with Gasteiger partial charge in [-0.05, 0) is 103 Å². The normalized spacial score (nSPS) is 16.6. The number of allylic oxidation sites excluding steroid dienone is 5. The summed E-state index contributed by atoms with van der Waals surface area (Å²) >= 11 is 0. The van der Waals surface area contributed by atoms with Crippen molar-refractivity contribution in [1.29, 1.82) is 0 Å². The molecule has 7 heteroatoms. The first-order valence-corrected chi connectivity index (χ1v) is 17.2. The monoisotopic (exact) mass is 555 g/mol. The van der Waals surface area contributed by atoms with Gasteiger partial charge in [0.1, 0.15) is 14.6 Å². The first-order chi connectivity index (χ1) is 19.0. The molecular formula is C33H41N3O3Si. The van der Waals surface area contributed by atoms with Crippen molar-refractivity contribution in [2.45, 2.75) is 53.6 Å². The van der Waals surface area contributed by atoms with Crippen molar-refractivity contribution in [3.8, 4) is 0 Å². The van der Waals surface area contributed by atoms with E-state index in [1.807, 2.05) is 24.3 Å². The molecule has 2 aromatic carbocycles. The van der Waals surface area contributed by atoms with Crippen LogP contribution in [-0.4, -0.2) is 57.2 Å². The van der Waals surface area contributed by atoms with Crippen LogP contribution in [0.5, 0.6) is 0 Å². The number of nitrogens with one attached hydrogen (secondary N) is 2. The first-order valence-electron chi connectivity index (χ1n) is 14.2. The molecule has 0 saturated carbocycles. The van der Waals surface area contributed by atoms with Crippen LogP contribution >= 0.6 is 0 Å². The Kier molecular flexibility index (Phi) is 8.64. The van der Waals surface area contributed by atoms with Crippen LogP contribution in [0.2, 0.25) is 13.1 Å². The van der Waals surface area contributed by atoms with Crippen molar-refractivity contribution in [3.05, 3.63) is 87.1 Å². The molecule has 40 heavy (non-hydrogen) atoms. The third-order valence-corrected chi connectivity index (χ3v) is 11.5. The van der Waals surface area contributed by atoms with E-state index in [1.54, 1.807) is 11.9 Å². The Bertz CT molecular complexity index is 1480. The number of carbonyl (C=O) groups is 2. The largest absolute Gasteiger partial charge is 0.550 e. The number of carboxylic acids is 1. The minimum atomic E-state index is -2.13. The number of benzene rings is 2. The van der Waals surface area contributed by atoms with Gasteiger partial charge in [0.05, 0.1) is 0 Å². The second-order valence-corrected chi connectivity index (χ2v) is 15.6. The van der Waals surface area contributed by atoms with E-state index in [1.165, 1.54) is 32.7 Å². The molecule has 1 amide bonds. The van der Waals surface area contributed by atoms with Crippen molar-refractivity contribution >= 4 is 42.1 Å².